The van der Waals surface area contributed by atoms with Crippen molar-refractivity contribution in [2.45, 2.75) is 13.3 Å². The van der Waals surface area contributed by atoms with Crippen molar-refractivity contribution < 1.29 is 9.59 Å². The van der Waals surface area contributed by atoms with Gasteiger partial charge in [-0.15, -0.1) is 0 Å². The SMILES string of the molecule is CCc1ccccc1N1CCN(C(=O)CN2CCNC2=O)CC1. The van der Waals surface area contributed by atoms with E-state index >= 15 is 0 Å². The molecule has 3 amide bonds. The number of para-hydroxylation sites is 1. The molecule has 1 aromatic carbocycles. The molecule has 23 heavy (non-hydrogen) atoms. The Morgan fingerprint density at radius 3 is 2.52 bits per heavy atom. The first-order valence-electron chi connectivity index (χ1n) is 8.32. The first kappa shape index (κ1) is 15.6. The number of amides is 3. The predicted octanol–water partition coefficient (Wildman–Crippen LogP) is 0.923. The summed E-state index contributed by atoms with van der Waals surface area (Å²) in [5.74, 6) is 0.0467. The van der Waals surface area contributed by atoms with Gasteiger partial charge in [0.2, 0.25) is 5.91 Å². The van der Waals surface area contributed by atoms with E-state index in [4.69, 9.17) is 0 Å². The number of carbonyl (C=O) groups excluding carboxylic acids is 2. The van der Waals surface area contributed by atoms with Crippen molar-refractivity contribution in [2.24, 2.45) is 0 Å². The molecule has 0 atom stereocenters. The lowest BCUT2D eigenvalue weighted by Crippen LogP contribution is -2.51. The number of rotatable bonds is 4. The van der Waals surface area contributed by atoms with Crippen molar-refractivity contribution in [1.29, 1.82) is 0 Å². The van der Waals surface area contributed by atoms with Crippen molar-refractivity contribution >= 4 is 17.6 Å². The highest BCUT2D eigenvalue weighted by molar-refractivity contribution is 5.85. The zero-order valence-electron chi connectivity index (χ0n) is 13.6. The van der Waals surface area contributed by atoms with Gasteiger partial charge in [0.05, 0.1) is 0 Å². The van der Waals surface area contributed by atoms with E-state index in [0.29, 0.717) is 26.2 Å². The number of carbonyl (C=O) groups is 2. The highest BCUT2D eigenvalue weighted by Crippen LogP contribution is 2.22. The molecule has 2 aliphatic heterocycles. The number of hydrogen-bond acceptors (Lipinski definition) is 3. The van der Waals surface area contributed by atoms with E-state index in [1.165, 1.54) is 11.3 Å². The van der Waals surface area contributed by atoms with Gasteiger partial charge in [0, 0.05) is 45.0 Å². The predicted molar refractivity (Wildman–Crippen MR) is 89.6 cm³/mol. The molecular formula is C17H24N4O2. The van der Waals surface area contributed by atoms with Crippen LogP contribution in [0, 0.1) is 0 Å². The van der Waals surface area contributed by atoms with Crippen LogP contribution in [0.4, 0.5) is 10.5 Å². The molecule has 6 heteroatoms. The fraction of sp³-hybridized carbons (Fsp3) is 0.529. The van der Waals surface area contributed by atoms with Gasteiger partial charge in [-0.05, 0) is 18.1 Å². The topological polar surface area (TPSA) is 55.9 Å². The molecule has 0 saturated carbocycles. The second kappa shape index (κ2) is 6.89. The molecule has 2 saturated heterocycles. The number of anilines is 1. The summed E-state index contributed by atoms with van der Waals surface area (Å²) >= 11 is 0. The van der Waals surface area contributed by atoms with Crippen LogP contribution in [0.25, 0.3) is 0 Å². The number of hydrogen-bond donors (Lipinski definition) is 1. The van der Waals surface area contributed by atoms with Gasteiger partial charge in [-0.1, -0.05) is 25.1 Å². The van der Waals surface area contributed by atoms with E-state index in [0.717, 1.165) is 19.5 Å². The van der Waals surface area contributed by atoms with Gasteiger partial charge in [0.1, 0.15) is 6.54 Å². The van der Waals surface area contributed by atoms with Crippen LogP contribution in [-0.2, 0) is 11.2 Å². The van der Waals surface area contributed by atoms with Gasteiger partial charge < -0.3 is 20.0 Å². The lowest BCUT2D eigenvalue weighted by molar-refractivity contribution is -0.131. The number of piperazine rings is 1. The van der Waals surface area contributed by atoms with E-state index in [1.54, 1.807) is 4.90 Å². The van der Waals surface area contributed by atoms with E-state index in [9.17, 15) is 9.59 Å². The Bertz CT molecular complexity index is 582. The standard InChI is InChI=1S/C17H24N4O2/c1-2-14-5-3-4-6-15(14)19-9-11-20(12-10-19)16(22)13-21-8-7-18-17(21)23/h3-6H,2,7-13H2,1H3,(H,18,23). The Morgan fingerprint density at radius 2 is 1.87 bits per heavy atom. The molecule has 2 aliphatic rings. The average Bonchev–Trinajstić information content (AvgIpc) is 3.00. The highest BCUT2D eigenvalue weighted by Gasteiger charge is 2.27. The smallest absolute Gasteiger partial charge is 0.317 e. The summed E-state index contributed by atoms with van der Waals surface area (Å²) in [5.41, 5.74) is 2.63. The van der Waals surface area contributed by atoms with Crippen molar-refractivity contribution in [3.05, 3.63) is 29.8 Å². The van der Waals surface area contributed by atoms with Crippen molar-refractivity contribution in [3.8, 4) is 0 Å². The van der Waals surface area contributed by atoms with Gasteiger partial charge in [0.25, 0.3) is 0 Å². The average molecular weight is 316 g/mol. The second-order valence-electron chi connectivity index (χ2n) is 6.00. The zero-order valence-corrected chi connectivity index (χ0v) is 13.6. The fourth-order valence-electron chi connectivity index (χ4n) is 3.24. The molecule has 0 radical (unpaired) electrons. The van der Waals surface area contributed by atoms with Crippen molar-refractivity contribution in [2.75, 3.05) is 50.7 Å². The molecule has 0 spiro atoms. The maximum Gasteiger partial charge on any atom is 0.317 e. The maximum absolute atomic E-state index is 12.4. The van der Waals surface area contributed by atoms with Crippen LogP contribution in [0.1, 0.15) is 12.5 Å². The molecule has 1 N–H and O–H groups in total. The van der Waals surface area contributed by atoms with Crippen LogP contribution in [0.5, 0.6) is 0 Å². The number of aryl methyl sites for hydroxylation is 1. The molecule has 1 aromatic rings. The Labute approximate surface area is 137 Å². The van der Waals surface area contributed by atoms with Gasteiger partial charge in [-0.3, -0.25) is 4.79 Å². The first-order valence-corrected chi connectivity index (χ1v) is 8.32. The van der Waals surface area contributed by atoms with Crippen LogP contribution in [-0.4, -0.2) is 67.6 Å². The van der Waals surface area contributed by atoms with Gasteiger partial charge in [-0.25, -0.2) is 4.79 Å². The number of nitrogens with zero attached hydrogens (tertiary/aromatic N) is 3. The zero-order chi connectivity index (χ0) is 16.2. The molecule has 0 unspecified atom stereocenters. The molecule has 0 aliphatic carbocycles. The summed E-state index contributed by atoms with van der Waals surface area (Å²) in [6.45, 7) is 6.72. The fourth-order valence-corrected chi connectivity index (χ4v) is 3.24. The minimum absolute atomic E-state index is 0.0467. The lowest BCUT2D eigenvalue weighted by Gasteiger charge is -2.37. The van der Waals surface area contributed by atoms with Crippen LogP contribution in [0.3, 0.4) is 0 Å². The number of benzene rings is 1. The molecule has 124 valence electrons. The summed E-state index contributed by atoms with van der Waals surface area (Å²) in [6, 6.07) is 8.33. The summed E-state index contributed by atoms with van der Waals surface area (Å²) in [4.78, 5) is 29.7. The Kier molecular flexibility index (Phi) is 4.69. The van der Waals surface area contributed by atoms with E-state index in [-0.39, 0.29) is 18.5 Å². The monoisotopic (exact) mass is 316 g/mol. The first-order chi connectivity index (χ1) is 11.2. The van der Waals surface area contributed by atoms with E-state index in [2.05, 4.69) is 41.4 Å². The summed E-state index contributed by atoms with van der Waals surface area (Å²) < 4.78 is 0. The minimum Gasteiger partial charge on any atom is -0.368 e. The Morgan fingerprint density at radius 1 is 1.13 bits per heavy atom. The minimum atomic E-state index is -0.131. The molecular weight excluding hydrogens is 292 g/mol. The summed E-state index contributed by atoms with van der Waals surface area (Å²) in [6.07, 6.45) is 1.01. The largest absolute Gasteiger partial charge is 0.368 e. The van der Waals surface area contributed by atoms with Crippen LogP contribution < -0.4 is 10.2 Å². The molecule has 0 bridgehead atoms. The third kappa shape index (κ3) is 3.41. The third-order valence-electron chi connectivity index (χ3n) is 4.62. The van der Waals surface area contributed by atoms with Crippen LogP contribution in [0.15, 0.2) is 24.3 Å². The number of nitrogens with one attached hydrogen (secondary N) is 1. The molecule has 0 aromatic heterocycles. The van der Waals surface area contributed by atoms with E-state index in [1.807, 2.05) is 4.90 Å². The van der Waals surface area contributed by atoms with Gasteiger partial charge in [-0.2, -0.15) is 0 Å². The van der Waals surface area contributed by atoms with Crippen LogP contribution >= 0.6 is 0 Å². The molecule has 2 heterocycles. The van der Waals surface area contributed by atoms with Gasteiger partial charge >= 0.3 is 6.03 Å². The normalized spacial score (nSPS) is 18.3. The summed E-state index contributed by atoms with van der Waals surface area (Å²) in [5, 5.41) is 2.73. The van der Waals surface area contributed by atoms with Crippen molar-refractivity contribution in [1.82, 2.24) is 15.1 Å². The van der Waals surface area contributed by atoms with E-state index < -0.39 is 0 Å². The lowest BCUT2D eigenvalue weighted by atomic mass is 10.1. The van der Waals surface area contributed by atoms with Crippen molar-refractivity contribution in [3.63, 3.8) is 0 Å². The third-order valence-corrected chi connectivity index (χ3v) is 4.62. The number of urea groups is 1. The molecule has 3 rings (SSSR count). The highest BCUT2D eigenvalue weighted by atomic mass is 16.2. The van der Waals surface area contributed by atoms with Gasteiger partial charge in [0.15, 0.2) is 0 Å². The second-order valence-corrected chi connectivity index (χ2v) is 6.00. The maximum atomic E-state index is 12.4. The molecule has 2 fully saturated rings. The Hall–Kier alpha value is -2.24. The molecule has 6 nitrogen and oxygen atoms in total. The summed E-state index contributed by atoms with van der Waals surface area (Å²) in [7, 11) is 0. The Balaban J connectivity index is 1.55. The van der Waals surface area contributed by atoms with Crippen LogP contribution in [0.2, 0.25) is 0 Å². The quantitative estimate of drug-likeness (QED) is 0.899.